The number of hydrogen-bond donors (Lipinski definition) is 0. The Bertz CT molecular complexity index is 888. The summed E-state index contributed by atoms with van der Waals surface area (Å²) in [5.41, 5.74) is 5.87. The SMILES string of the molecule is C=CCc1ccc2c(c1)ncn2-c1cccc(N2CCN(C)CC2)c1. The molecule has 3 aromatic rings. The molecule has 4 nitrogen and oxygen atoms in total. The van der Waals surface area contributed by atoms with Gasteiger partial charge in [0.1, 0.15) is 6.33 Å². The van der Waals surface area contributed by atoms with Crippen LogP contribution in [0.15, 0.2) is 61.4 Å². The van der Waals surface area contributed by atoms with Gasteiger partial charge in [-0.25, -0.2) is 4.98 Å². The van der Waals surface area contributed by atoms with Gasteiger partial charge in [-0.15, -0.1) is 6.58 Å². The molecule has 4 heteroatoms. The van der Waals surface area contributed by atoms with Crippen molar-refractivity contribution in [1.82, 2.24) is 14.5 Å². The molecule has 0 bridgehead atoms. The van der Waals surface area contributed by atoms with Crippen LogP contribution < -0.4 is 4.90 Å². The van der Waals surface area contributed by atoms with E-state index in [0.29, 0.717) is 0 Å². The summed E-state index contributed by atoms with van der Waals surface area (Å²) < 4.78 is 2.17. The van der Waals surface area contributed by atoms with Crippen LogP contribution in [-0.4, -0.2) is 47.7 Å². The van der Waals surface area contributed by atoms with Crippen LogP contribution >= 0.6 is 0 Å². The van der Waals surface area contributed by atoms with Crippen LogP contribution in [0.2, 0.25) is 0 Å². The molecule has 128 valence electrons. The Morgan fingerprint density at radius 2 is 1.84 bits per heavy atom. The number of rotatable bonds is 4. The third-order valence-electron chi connectivity index (χ3n) is 4.97. The number of anilines is 1. The number of fused-ring (bicyclic) bond motifs is 1. The van der Waals surface area contributed by atoms with Gasteiger partial charge >= 0.3 is 0 Å². The van der Waals surface area contributed by atoms with Crippen LogP contribution in [0, 0.1) is 0 Å². The Hall–Kier alpha value is -2.59. The van der Waals surface area contributed by atoms with E-state index in [0.717, 1.165) is 49.3 Å². The number of benzene rings is 2. The highest BCUT2D eigenvalue weighted by Crippen LogP contribution is 2.24. The number of imidazole rings is 1. The number of likely N-dealkylation sites (N-methyl/N-ethyl adjacent to an activating group) is 1. The Morgan fingerprint density at radius 1 is 1.04 bits per heavy atom. The molecule has 1 aliphatic rings. The zero-order chi connectivity index (χ0) is 17.2. The Morgan fingerprint density at radius 3 is 2.64 bits per heavy atom. The fourth-order valence-electron chi connectivity index (χ4n) is 3.46. The maximum absolute atomic E-state index is 4.60. The summed E-state index contributed by atoms with van der Waals surface area (Å²) in [6, 6.07) is 15.2. The Labute approximate surface area is 149 Å². The van der Waals surface area contributed by atoms with Gasteiger partial charge in [0.2, 0.25) is 0 Å². The Kier molecular flexibility index (Phi) is 4.28. The molecule has 2 aromatic carbocycles. The van der Waals surface area contributed by atoms with E-state index in [9.17, 15) is 0 Å². The average Bonchev–Trinajstić information content (AvgIpc) is 3.06. The van der Waals surface area contributed by atoms with E-state index in [4.69, 9.17) is 0 Å². The summed E-state index contributed by atoms with van der Waals surface area (Å²) in [4.78, 5) is 9.44. The summed E-state index contributed by atoms with van der Waals surface area (Å²) >= 11 is 0. The molecule has 0 N–H and O–H groups in total. The van der Waals surface area contributed by atoms with Crippen molar-refractivity contribution in [2.75, 3.05) is 38.1 Å². The van der Waals surface area contributed by atoms with Crippen molar-refractivity contribution in [3.8, 4) is 5.69 Å². The van der Waals surface area contributed by atoms with Crippen molar-refractivity contribution in [1.29, 1.82) is 0 Å². The maximum atomic E-state index is 4.60. The van der Waals surface area contributed by atoms with Gasteiger partial charge in [0, 0.05) is 37.6 Å². The minimum Gasteiger partial charge on any atom is -0.369 e. The van der Waals surface area contributed by atoms with E-state index in [2.05, 4.69) is 75.4 Å². The molecule has 0 radical (unpaired) electrons. The molecule has 1 aromatic heterocycles. The van der Waals surface area contributed by atoms with Gasteiger partial charge in [-0.1, -0.05) is 18.2 Å². The van der Waals surface area contributed by atoms with Crippen LogP contribution in [0.1, 0.15) is 5.56 Å². The second-order valence-corrected chi connectivity index (χ2v) is 6.74. The molecular weight excluding hydrogens is 308 g/mol. The predicted molar refractivity (Wildman–Crippen MR) is 105 cm³/mol. The van der Waals surface area contributed by atoms with Gasteiger partial charge in [0.15, 0.2) is 0 Å². The monoisotopic (exact) mass is 332 g/mol. The molecule has 0 amide bonds. The van der Waals surface area contributed by atoms with Crippen molar-refractivity contribution in [3.63, 3.8) is 0 Å². The second-order valence-electron chi connectivity index (χ2n) is 6.74. The van der Waals surface area contributed by atoms with Crippen molar-refractivity contribution in [2.24, 2.45) is 0 Å². The van der Waals surface area contributed by atoms with Crippen LogP contribution in [0.25, 0.3) is 16.7 Å². The molecule has 1 aliphatic heterocycles. The lowest BCUT2D eigenvalue weighted by Crippen LogP contribution is -2.44. The van der Waals surface area contributed by atoms with Gasteiger partial charge in [-0.3, -0.25) is 4.57 Å². The van der Waals surface area contributed by atoms with Gasteiger partial charge in [0.05, 0.1) is 11.0 Å². The number of nitrogens with zero attached hydrogens (tertiary/aromatic N) is 4. The maximum Gasteiger partial charge on any atom is 0.100 e. The highest BCUT2D eigenvalue weighted by molar-refractivity contribution is 5.78. The van der Waals surface area contributed by atoms with Gasteiger partial charge in [-0.05, 0) is 49.4 Å². The fraction of sp³-hybridized carbons (Fsp3) is 0.286. The molecule has 0 spiro atoms. The molecule has 2 heterocycles. The standard InChI is InChI=1S/C21H24N4/c1-3-5-17-8-9-21-20(14-17)22-16-25(21)19-7-4-6-18(15-19)24-12-10-23(2)11-13-24/h3-4,6-9,14-16H,1,5,10-13H2,2H3. The van der Waals surface area contributed by atoms with E-state index in [1.807, 2.05) is 12.4 Å². The van der Waals surface area contributed by atoms with Gasteiger partial charge < -0.3 is 9.80 Å². The summed E-state index contributed by atoms with van der Waals surface area (Å²) in [5.74, 6) is 0. The molecule has 0 saturated carbocycles. The van der Waals surface area contributed by atoms with Crippen molar-refractivity contribution < 1.29 is 0 Å². The van der Waals surface area contributed by atoms with E-state index < -0.39 is 0 Å². The number of piperazine rings is 1. The lowest BCUT2D eigenvalue weighted by Gasteiger charge is -2.34. The Balaban J connectivity index is 1.67. The number of aromatic nitrogens is 2. The van der Waals surface area contributed by atoms with Crippen molar-refractivity contribution in [3.05, 3.63) is 67.0 Å². The molecule has 0 aliphatic carbocycles. The molecule has 0 atom stereocenters. The molecule has 0 unspecified atom stereocenters. The quantitative estimate of drug-likeness (QED) is 0.684. The minimum absolute atomic E-state index is 0.877. The first-order valence-electron chi connectivity index (χ1n) is 8.85. The predicted octanol–water partition coefficient (Wildman–Crippen LogP) is 3.51. The summed E-state index contributed by atoms with van der Waals surface area (Å²) in [7, 11) is 2.19. The molecule has 1 saturated heterocycles. The first-order chi connectivity index (χ1) is 12.2. The van der Waals surface area contributed by atoms with Gasteiger partial charge in [-0.2, -0.15) is 0 Å². The third-order valence-corrected chi connectivity index (χ3v) is 4.97. The molecular formula is C21H24N4. The zero-order valence-electron chi connectivity index (χ0n) is 14.7. The lowest BCUT2D eigenvalue weighted by molar-refractivity contribution is 0.313. The van der Waals surface area contributed by atoms with Crippen LogP contribution in [0.3, 0.4) is 0 Å². The second kappa shape index (κ2) is 6.73. The normalized spacial score (nSPS) is 15.6. The molecule has 4 rings (SSSR count). The zero-order valence-corrected chi connectivity index (χ0v) is 14.7. The average molecular weight is 332 g/mol. The summed E-state index contributed by atoms with van der Waals surface area (Å²) in [6.45, 7) is 8.20. The first-order valence-corrected chi connectivity index (χ1v) is 8.85. The molecule has 1 fully saturated rings. The summed E-state index contributed by atoms with van der Waals surface area (Å²) in [6.07, 6.45) is 4.73. The highest BCUT2D eigenvalue weighted by atomic mass is 15.2. The van der Waals surface area contributed by atoms with E-state index in [1.54, 1.807) is 0 Å². The highest BCUT2D eigenvalue weighted by Gasteiger charge is 2.15. The largest absolute Gasteiger partial charge is 0.369 e. The minimum atomic E-state index is 0.877. The fourth-order valence-corrected chi connectivity index (χ4v) is 3.46. The van der Waals surface area contributed by atoms with Crippen molar-refractivity contribution >= 4 is 16.7 Å². The smallest absolute Gasteiger partial charge is 0.100 e. The number of hydrogen-bond acceptors (Lipinski definition) is 3. The van der Waals surface area contributed by atoms with E-state index in [-0.39, 0.29) is 0 Å². The summed E-state index contributed by atoms with van der Waals surface area (Å²) in [5, 5.41) is 0. The van der Waals surface area contributed by atoms with E-state index >= 15 is 0 Å². The molecule has 25 heavy (non-hydrogen) atoms. The topological polar surface area (TPSA) is 24.3 Å². The van der Waals surface area contributed by atoms with Crippen LogP contribution in [-0.2, 0) is 6.42 Å². The lowest BCUT2D eigenvalue weighted by atomic mass is 10.1. The van der Waals surface area contributed by atoms with Crippen LogP contribution in [0.5, 0.6) is 0 Å². The third kappa shape index (κ3) is 3.17. The first kappa shape index (κ1) is 15.9. The number of allylic oxidation sites excluding steroid dienone is 1. The van der Waals surface area contributed by atoms with E-state index in [1.165, 1.54) is 11.3 Å². The van der Waals surface area contributed by atoms with Crippen molar-refractivity contribution in [2.45, 2.75) is 6.42 Å². The van der Waals surface area contributed by atoms with Gasteiger partial charge in [0.25, 0.3) is 0 Å². The van der Waals surface area contributed by atoms with Crippen LogP contribution in [0.4, 0.5) is 5.69 Å².